The van der Waals surface area contributed by atoms with Crippen LogP contribution in [0.15, 0.2) is 30.4 Å². The van der Waals surface area contributed by atoms with E-state index in [0.29, 0.717) is 12.0 Å². The number of para-hydroxylation sites is 1. The molecule has 1 nitrogen and oxygen atoms in total. The number of hydrogen-bond donors (Lipinski definition) is 1. The van der Waals surface area contributed by atoms with E-state index in [-0.39, 0.29) is 0 Å². The summed E-state index contributed by atoms with van der Waals surface area (Å²) in [6.45, 7) is 2.18. The van der Waals surface area contributed by atoms with Crippen LogP contribution in [-0.2, 0) is 0 Å². The fraction of sp³-hybridized carbons (Fsp3) is 0.333. The molecular weight excluding hydrogens is 158 g/mol. The lowest BCUT2D eigenvalue weighted by molar-refractivity contribution is 0.728. The molecule has 1 aliphatic heterocycles. The van der Waals surface area contributed by atoms with Crippen LogP contribution in [0, 0.1) is 6.92 Å². The first-order chi connectivity index (χ1) is 6.36. The van der Waals surface area contributed by atoms with E-state index in [9.17, 15) is 0 Å². The molecule has 66 valence electrons. The van der Waals surface area contributed by atoms with E-state index in [1.54, 1.807) is 0 Å². The predicted octanol–water partition coefficient (Wildman–Crippen LogP) is 2.83. The zero-order valence-electron chi connectivity index (χ0n) is 7.75. The topological polar surface area (TPSA) is 12.0 Å². The van der Waals surface area contributed by atoms with Gasteiger partial charge in [0.2, 0.25) is 0 Å². The highest BCUT2D eigenvalue weighted by Gasteiger charge is 2.32. The number of nitrogens with one attached hydrogen (secondary N) is 1. The minimum absolute atomic E-state index is 0.566. The van der Waals surface area contributed by atoms with Crippen LogP contribution in [0.25, 0.3) is 0 Å². The highest BCUT2D eigenvalue weighted by Crippen LogP contribution is 2.43. The lowest BCUT2D eigenvalue weighted by Crippen LogP contribution is -2.12. The van der Waals surface area contributed by atoms with Gasteiger partial charge in [-0.15, -0.1) is 0 Å². The van der Waals surface area contributed by atoms with E-state index in [2.05, 4.69) is 42.6 Å². The second kappa shape index (κ2) is 2.38. The summed E-state index contributed by atoms with van der Waals surface area (Å²) in [7, 11) is 0. The number of aryl methyl sites for hydroxylation is 1. The lowest BCUT2D eigenvalue weighted by Gasteiger charge is -2.07. The Balaban J connectivity index is 2.14. The maximum atomic E-state index is 3.58. The molecule has 13 heavy (non-hydrogen) atoms. The molecule has 0 radical (unpaired) electrons. The van der Waals surface area contributed by atoms with E-state index < -0.39 is 0 Å². The summed E-state index contributed by atoms with van der Waals surface area (Å²) < 4.78 is 0. The van der Waals surface area contributed by atoms with E-state index in [0.717, 1.165) is 0 Å². The second-order valence-corrected chi connectivity index (χ2v) is 3.98. The first-order valence-electron chi connectivity index (χ1n) is 4.89. The Bertz CT molecular complexity index is 379. The average molecular weight is 171 g/mol. The van der Waals surface area contributed by atoms with Crippen LogP contribution in [0.3, 0.4) is 0 Å². The minimum Gasteiger partial charge on any atom is -0.378 e. The molecule has 1 aromatic rings. The van der Waals surface area contributed by atoms with Gasteiger partial charge in [-0.1, -0.05) is 30.4 Å². The number of benzene rings is 1. The van der Waals surface area contributed by atoms with Crippen LogP contribution in [-0.4, -0.2) is 6.04 Å². The van der Waals surface area contributed by atoms with Crippen LogP contribution in [0.2, 0.25) is 0 Å². The predicted molar refractivity (Wildman–Crippen MR) is 55.1 cm³/mol. The third-order valence-corrected chi connectivity index (χ3v) is 3.18. The largest absolute Gasteiger partial charge is 0.378 e. The standard InChI is InChI=1S/C12H13N/c1-8-4-2-6-10-9-5-3-7-11(9)13-12(8)10/h2-4,6-7,9,11,13H,5H2,1H3. The zero-order valence-corrected chi connectivity index (χ0v) is 7.75. The molecule has 0 aromatic heterocycles. The number of fused-ring (bicyclic) bond motifs is 3. The van der Waals surface area contributed by atoms with Crippen molar-refractivity contribution in [2.24, 2.45) is 0 Å². The van der Waals surface area contributed by atoms with Crippen molar-refractivity contribution in [1.82, 2.24) is 0 Å². The van der Waals surface area contributed by atoms with Crippen molar-refractivity contribution in [3.05, 3.63) is 41.5 Å². The van der Waals surface area contributed by atoms with Crippen molar-refractivity contribution in [2.45, 2.75) is 25.3 Å². The molecule has 1 aliphatic carbocycles. The quantitative estimate of drug-likeness (QED) is 0.592. The summed E-state index contributed by atoms with van der Waals surface area (Å²) in [5, 5.41) is 3.58. The van der Waals surface area contributed by atoms with Gasteiger partial charge in [0.15, 0.2) is 0 Å². The molecule has 1 heterocycles. The SMILES string of the molecule is Cc1cccc2c1NC1C=CCC21. The van der Waals surface area contributed by atoms with Gasteiger partial charge in [-0.3, -0.25) is 0 Å². The molecule has 1 N–H and O–H groups in total. The Labute approximate surface area is 78.5 Å². The molecule has 0 bridgehead atoms. The Morgan fingerprint density at radius 2 is 2.31 bits per heavy atom. The summed E-state index contributed by atoms with van der Waals surface area (Å²) >= 11 is 0. The molecule has 0 spiro atoms. The van der Waals surface area contributed by atoms with Crippen LogP contribution in [0.1, 0.15) is 23.5 Å². The maximum Gasteiger partial charge on any atom is 0.0517 e. The third kappa shape index (κ3) is 0.873. The molecule has 2 unspecified atom stereocenters. The van der Waals surface area contributed by atoms with Gasteiger partial charge in [-0.05, 0) is 24.5 Å². The summed E-state index contributed by atoms with van der Waals surface area (Å²) in [5.41, 5.74) is 4.26. The molecule has 2 aliphatic rings. The summed E-state index contributed by atoms with van der Waals surface area (Å²) in [6, 6.07) is 7.16. The average Bonchev–Trinajstić information content (AvgIpc) is 2.65. The number of anilines is 1. The van der Waals surface area contributed by atoms with Crippen LogP contribution < -0.4 is 5.32 Å². The van der Waals surface area contributed by atoms with E-state index in [4.69, 9.17) is 0 Å². The summed E-state index contributed by atoms with van der Waals surface area (Å²) in [4.78, 5) is 0. The fourth-order valence-corrected chi connectivity index (χ4v) is 2.48. The van der Waals surface area contributed by atoms with Crippen molar-refractivity contribution in [2.75, 3.05) is 5.32 Å². The van der Waals surface area contributed by atoms with Gasteiger partial charge in [-0.25, -0.2) is 0 Å². The van der Waals surface area contributed by atoms with E-state index >= 15 is 0 Å². The molecular formula is C12H13N. The Morgan fingerprint density at radius 3 is 3.23 bits per heavy atom. The van der Waals surface area contributed by atoms with Gasteiger partial charge >= 0.3 is 0 Å². The molecule has 0 saturated carbocycles. The van der Waals surface area contributed by atoms with Crippen LogP contribution >= 0.6 is 0 Å². The third-order valence-electron chi connectivity index (χ3n) is 3.18. The van der Waals surface area contributed by atoms with Gasteiger partial charge in [0, 0.05) is 11.6 Å². The van der Waals surface area contributed by atoms with Crippen molar-refractivity contribution in [3.63, 3.8) is 0 Å². The van der Waals surface area contributed by atoms with Gasteiger partial charge in [0.25, 0.3) is 0 Å². The van der Waals surface area contributed by atoms with Gasteiger partial charge in [-0.2, -0.15) is 0 Å². The van der Waals surface area contributed by atoms with E-state index in [1.165, 1.54) is 23.2 Å². The molecule has 1 aromatic carbocycles. The first kappa shape index (κ1) is 7.19. The summed E-state index contributed by atoms with van der Waals surface area (Å²) in [6.07, 6.45) is 5.78. The second-order valence-electron chi connectivity index (χ2n) is 3.98. The van der Waals surface area contributed by atoms with Crippen LogP contribution in [0.4, 0.5) is 5.69 Å². The number of allylic oxidation sites excluding steroid dienone is 1. The van der Waals surface area contributed by atoms with Crippen molar-refractivity contribution < 1.29 is 0 Å². The first-order valence-corrected chi connectivity index (χ1v) is 4.89. The number of hydrogen-bond acceptors (Lipinski definition) is 1. The highest BCUT2D eigenvalue weighted by atomic mass is 15.0. The molecule has 3 rings (SSSR count). The maximum absolute atomic E-state index is 3.58. The van der Waals surface area contributed by atoms with Gasteiger partial charge in [0.05, 0.1) is 6.04 Å². The lowest BCUT2D eigenvalue weighted by atomic mass is 9.96. The molecule has 1 heteroatoms. The monoisotopic (exact) mass is 171 g/mol. The van der Waals surface area contributed by atoms with Gasteiger partial charge in [0.1, 0.15) is 0 Å². The van der Waals surface area contributed by atoms with Crippen molar-refractivity contribution >= 4 is 5.69 Å². The zero-order chi connectivity index (χ0) is 8.84. The normalized spacial score (nSPS) is 28.4. The molecule has 2 atom stereocenters. The highest BCUT2D eigenvalue weighted by molar-refractivity contribution is 5.65. The fourth-order valence-electron chi connectivity index (χ4n) is 2.48. The van der Waals surface area contributed by atoms with Crippen LogP contribution in [0.5, 0.6) is 0 Å². The van der Waals surface area contributed by atoms with Gasteiger partial charge < -0.3 is 5.32 Å². The van der Waals surface area contributed by atoms with Crippen molar-refractivity contribution in [1.29, 1.82) is 0 Å². The minimum atomic E-state index is 0.566. The molecule has 0 fully saturated rings. The molecule has 0 saturated heterocycles. The Hall–Kier alpha value is -1.24. The number of rotatable bonds is 0. The van der Waals surface area contributed by atoms with E-state index in [1.807, 2.05) is 0 Å². The molecule has 0 amide bonds. The van der Waals surface area contributed by atoms with Crippen molar-refractivity contribution in [3.8, 4) is 0 Å². The Kier molecular flexibility index (Phi) is 1.32. The Morgan fingerprint density at radius 1 is 1.38 bits per heavy atom. The smallest absolute Gasteiger partial charge is 0.0517 e. The summed E-state index contributed by atoms with van der Waals surface area (Å²) in [5.74, 6) is 0.704.